The molecular weight excluding hydrogens is 286 g/mol. The van der Waals surface area contributed by atoms with Crippen LogP contribution in [0.4, 0.5) is 5.69 Å². The van der Waals surface area contributed by atoms with Crippen LogP contribution in [0, 0.1) is 0 Å². The summed E-state index contributed by atoms with van der Waals surface area (Å²) in [5.41, 5.74) is 12.9. The average Bonchev–Trinajstić information content (AvgIpc) is 2.50. The topological polar surface area (TPSA) is 73.7 Å². The maximum absolute atomic E-state index is 8.36. The molecule has 1 aliphatic rings. The zero-order valence-corrected chi connectivity index (χ0v) is 12.4. The predicted molar refractivity (Wildman–Crippen MR) is 85.9 cm³/mol. The first-order chi connectivity index (χ1) is 10.3. The Balaban J connectivity index is 2.06. The van der Waals surface area contributed by atoms with Gasteiger partial charge in [-0.2, -0.15) is 0 Å². The minimum Gasteiger partial charge on any atom is -0.384 e. The fourth-order valence-corrected chi connectivity index (χ4v) is 3.04. The Hall–Kier alpha value is -1.97. The van der Waals surface area contributed by atoms with Crippen molar-refractivity contribution in [1.29, 1.82) is 0 Å². The summed E-state index contributed by atoms with van der Waals surface area (Å²) in [6.07, 6.45) is 4.44. The number of fused-ring (bicyclic) bond motifs is 2. The van der Waals surface area contributed by atoms with Crippen LogP contribution >= 0.6 is 11.6 Å². The Labute approximate surface area is 128 Å². The standard InChI is InChI=1S/C15H16ClN5/c16-10-5-6-12-14(9-10)20-13-4-2-1-3-11(13)15(12)18-7-8-19-21-17/h5-6,9H,1-4,7-8H2,(H,18,20). The summed E-state index contributed by atoms with van der Waals surface area (Å²) >= 11 is 6.08. The monoisotopic (exact) mass is 301 g/mol. The number of rotatable bonds is 4. The molecule has 0 fully saturated rings. The van der Waals surface area contributed by atoms with E-state index in [0.29, 0.717) is 18.1 Å². The van der Waals surface area contributed by atoms with Gasteiger partial charge in [-0.25, -0.2) is 0 Å². The lowest BCUT2D eigenvalue weighted by Gasteiger charge is -2.21. The third kappa shape index (κ3) is 2.89. The van der Waals surface area contributed by atoms with Crippen molar-refractivity contribution in [3.63, 3.8) is 0 Å². The lowest BCUT2D eigenvalue weighted by molar-refractivity contribution is 0.672. The van der Waals surface area contributed by atoms with Crippen LogP contribution in [0.5, 0.6) is 0 Å². The summed E-state index contributed by atoms with van der Waals surface area (Å²) in [5.74, 6) is 0. The third-order valence-electron chi connectivity index (χ3n) is 3.80. The molecule has 108 valence electrons. The third-order valence-corrected chi connectivity index (χ3v) is 4.04. The van der Waals surface area contributed by atoms with Crippen molar-refractivity contribution in [2.24, 2.45) is 5.11 Å². The van der Waals surface area contributed by atoms with Crippen molar-refractivity contribution >= 4 is 28.2 Å². The van der Waals surface area contributed by atoms with E-state index in [1.54, 1.807) is 0 Å². The molecule has 0 saturated carbocycles. The van der Waals surface area contributed by atoms with E-state index in [1.807, 2.05) is 18.2 Å². The van der Waals surface area contributed by atoms with E-state index in [9.17, 15) is 0 Å². The van der Waals surface area contributed by atoms with Crippen molar-refractivity contribution in [3.8, 4) is 0 Å². The van der Waals surface area contributed by atoms with E-state index in [2.05, 4.69) is 15.3 Å². The van der Waals surface area contributed by atoms with Gasteiger partial charge in [0.25, 0.3) is 0 Å². The van der Waals surface area contributed by atoms with Gasteiger partial charge < -0.3 is 5.32 Å². The van der Waals surface area contributed by atoms with Crippen LogP contribution in [-0.4, -0.2) is 18.1 Å². The van der Waals surface area contributed by atoms with Crippen LogP contribution in [0.2, 0.25) is 5.02 Å². The number of aromatic nitrogens is 1. The molecule has 6 heteroatoms. The highest BCUT2D eigenvalue weighted by molar-refractivity contribution is 6.31. The van der Waals surface area contributed by atoms with E-state index in [4.69, 9.17) is 22.1 Å². The largest absolute Gasteiger partial charge is 0.384 e. The smallest absolute Gasteiger partial charge is 0.0741 e. The Morgan fingerprint density at radius 1 is 1.33 bits per heavy atom. The molecule has 0 aliphatic heterocycles. The summed E-state index contributed by atoms with van der Waals surface area (Å²) in [6.45, 7) is 1.06. The summed E-state index contributed by atoms with van der Waals surface area (Å²) in [4.78, 5) is 7.56. The van der Waals surface area contributed by atoms with Crippen LogP contribution < -0.4 is 5.32 Å². The molecule has 1 aromatic heterocycles. The fourth-order valence-electron chi connectivity index (χ4n) is 2.88. The van der Waals surface area contributed by atoms with Crippen molar-refractivity contribution in [3.05, 3.63) is 44.9 Å². The number of hydrogen-bond donors (Lipinski definition) is 1. The van der Waals surface area contributed by atoms with Gasteiger partial charge in [0.1, 0.15) is 0 Å². The van der Waals surface area contributed by atoms with Crippen molar-refractivity contribution < 1.29 is 0 Å². The number of benzene rings is 1. The Bertz CT molecular complexity index is 722. The fraction of sp³-hybridized carbons (Fsp3) is 0.400. The highest BCUT2D eigenvalue weighted by Crippen LogP contribution is 2.34. The summed E-state index contributed by atoms with van der Waals surface area (Å²) < 4.78 is 0. The summed E-state index contributed by atoms with van der Waals surface area (Å²) in [5, 5.41) is 8.78. The highest BCUT2D eigenvalue weighted by Gasteiger charge is 2.17. The van der Waals surface area contributed by atoms with E-state index < -0.39 is 0 Å². The average molecular weight is 302 g/mol. The van der Waals surface area contributed by atoms with Gasteiger partial charge in [0.2, 0.25) is 0 Å². The minimum atomic E-state index is 0.433. The Morgan fingerprint density at radius 2 is 2.19 bits per heavy atom. The maximum atomic E-state index is 8.36. The molecular formula is C15H16ClN5. The number of pyridine rings is 1. The minimum absolute atomic E-state index is 0.433. The molecule has 1 N–H and O–H groups in total. The predicted octanol–water partition coefficient (Wildman–Crippen LogP) is 4.49. The molecule has 0 amide bonds. The molecule has 3 rings (SSSR count). The molecule has 0 unspecified atom stereocenters. The summed E-state index contributed by atoms with van der Waals surface area (Å²) in [7, 11) is 0. The Morgan fingerprint density at radius 3 is 3.05 bits per heavy atom. The van der Waals surface area contributed by atoms with E-state index >= 15 is 0 Å². The van der Waals surface area contributed by atoms with Crippen molar-refractivity contribution in [1.82, 2.24) is 4.98 Å². The number of hydrogen-bond acceptors (Lipinski definition) is 3. The number of anilines is 1. The first-order valence-electron chi connectivity index (χ1n) is 7.15. The van der Waals surface area contributed by atoms with Gasteiger partial charge in [-0.3, -0.25) is 4.98 Å². The molecule has 0 bridgehead atoms. The molecule has 0 spiro atoms. The van der Waals surface area contributed by atoms with Gasteiger partial charge in [0.05, 0.1) is 5.52 Å². The zero-order valence-electron chi connectivity index (χ0n) is 11.6. The van der Waals surface area contributed by atoms with Crippen molar-refractivity contribution in [2.45, 2.75) is 25.7 Å². The van der Waals surface area contributed by atoms with Gasteiger partial charge in [-0.15, -0.1) is 0 Å². The number of azide groups is 1. The van der Waals surface area contributed by atoms with Crippen LogP contribution in [0.25, 0.3) is 21.3 Å². The quantitative estimate of drug-likeness (QED) is 0.391. The molecule has 21 heavy (non-hydrogen) atoms. The first kappa shape index (κ1) is 14.0. The van der Waals surface area contributed by atoms with Gasteiger partial charge in [0, 0.05) is 39.8 Å². The van der Waals surface area contributed by atoms with Gasteiger partial charge in [0.15, 0.2) is 0 Å². The zero-order chi connectivity index (χ0) is 14.7. The highest BCUT2D eigenvalue weighted by atomic mass is 35.5. The Kier molecular flexibility index (Phi) is 4.13. The van der Waals surface area contributed by atoms with Gasteiger partial charge >= 0.3 is 0 Å². The normalized spacial score (nSPS) is 13.6. The SMILES string of the molecule is [N-]=[N+]=NCCNc1c2c(nc3cc(Cl)ccc13)CCCC2. The molecule has 2 aromatic rings. The van der Waals surface area contributed by atoms with E-state index in [1.165, 1.54) is 24.1 Å². The number of aryl methyl sites for hydroxylation is 1. The van der Waals surface area contributed by atoms with Crippen LogP contribution in [0.3, 0.4) is 0 Å². The first-order valence-corrected chi connectivity index (χ1v) is 7.53. The van der Waals surface area contributed by atoms with Crippen molar-refractivity contribution in [2.75, 3.05) is 18.4 Å². The lowest BCUT2D eigenvalue weighted by atomic mass is 9.92. The van der Waals surface area contributed by atoms with E-state index in [0.717, 1.165) is 29.4 Å². The van der Waals surface area contributed by atoms with Gasteiger partial charge in [-0.05, 0) is 55.0 Å². The van der Waals surface area contributed by atoms with E-state index in [-0.39, 0.29) is 0 Å². The molecule has 1 heterocycles. The molecule has 5 nitrogen and oxygen atoms in total. The second-order valence-electron chi connectivity index (χ2n) is 5.16. The maximum Gasteiger partial charge on any atom is 0.0741 e. The van der Waals surface area contributed by atoms with Crippen LogP contribution in [0.1, 0.15) is 24.1 Å². The van der Waals surface area contributed by atoms with Crippen LogP contribution in [0.15, 0.2) is 23.3 Å². The van der Waals surface area contributed by atoms with Gasteiger partial charge in [-0.1, -0.05) is 16.7 Å². The molecule has 0 saturated heterocycles. The number of nitrogens with zero attached hydrogens (tertiary/aromatic N) is 4. The molecule has 1 aliphatic carbocycles. The second kappa shape index (κ2) is 6.20. The number of nitrogens with one attached hydrogen (secondary N) is 1. The number of halogens is 1. The summed E-state index contributed by atoms with van der Waals surface area (Å²) in [6, 6.07) is 5.80. The van der Waals surface area contributed by atoms with Crippen LogP contribution in [-0.2, 0) is 12.8 Å². The lowest BCUT2D eigenvalue weighted by Crippen LogP contribution is -2.13. The molecule has 1 aromatic carbocycles. The second-order valence-corrected chi connectivity index (χ2v) is 5.60. The molecule has 0 atom stereocenters. The molecule has 0 radical (unpaired) electrons.